The number of allylic oxidation sites excluding steroid dienone is 1. The van der Waals surface area contributed by atoms with Crippen molar-refractivity contribution in [1.29, 1.82) is 0 Å². The summed E-state index contributed by atoms with van der Waals surface area (Å²) in [5.74, 6) is -0.0663. The summed E-state index contributed by atoms with van der Waals surface area (Å²) in [4.78, 5) is 26.1. The van der Waals surface area contributed by atoms with Gasteiger partial charge in [0.2, 0.25) is 0 Å². The summed E-state index contributed by atoms with van der Waals surface area (Å²) in [6, 6.07) is 17.9. The molecule has 0 aliphatic carbocycles. The molecule has 4 nitrogen and oxygen atoms in total. The monoisotopic (exact) mass is 347 g/mol. The molecule has 132 valence electrons. The van der Waals surface area contributed by atoms with Crippen LogP contribution in [0.5, 0.6) is 0 Å². The van der Waals surface area contributed by atoms with Crippen molar-refractivity contribution >= 4 is 39.1 Å². The van der Waals surface area contributed by atoms with Crippen LogP contribution >= 0.6 is 0 Å². The van der Waals surface area contributed by atoms with E-state index in [0.717, 1.165) is 27.2 Å². The van der Waals surface area contributed by atoms with Gasteiger partial charge < -0.3 is 4.74 Å². The van der Waals surface area contributed by atoms with Gasteiger partial charge in [-0.3, -0.25) is 9.69 Å². The van der Waals surface area contributed by atoms with Crippen LogP contribution in [0.25, 0.3) is 21.5 Å². The molecular weight excluding hydrogens is 326 g/mol. The normalized spacial score (nSPS) is 10.7. The van der Waals surface area contributed by atoms with Gasteiger partial charge in [-0.05, 0) is 29.3 Å². The van der Waals surface area contributed by atoms with E-state index >= 15 is 0 Å². The lowest BCUT2D eigenvalue weighted by atomic mass is 10.00. The molecule has 0 saturated carbocycles. The number of fused-ring (bicyclic) bond motifs is 2. The number of hydrogen-bond acceptors (Lipinski definition) is 3. The van der Waals surface area contributed by atoms with Crippen LogP contribution < -0.4 is 4.90 Å². The van der Waals surface area contributed by atoms with Crippen molar-refractivity contribution in [1.82, 2.24) is 0 Å². The summed E-state index contributed by atoms with van der Waals surface area (Å²) in [7, 11) is 1.35. The molecule has 0 N–H and O–H groups in total. The Morgan fingerprint density at radius 3 is 2.04 bits per heavy atom. The van der Waals surface area contributed by atoms with Crippen LogP contribution in [0, 0.1) is 0 Å². The molecule has 0 fully saturated rings. The first-order chi connectivity index (χ1) is 12.5. The Morgan fingerprint density at radius 2 is 1.54 bits per heavy atom. The summed E-state index contributed by atoms with van der Waals surface area (Å²) in [6.45, 7) is 5.60. The standard InChI is InChI=1S/C22H21NO3/c1-15(2)20(24)12-13-23(22(25)26-3)21-18-10-6-4-8-16(18)14-17-9-5-7-11-19(17)21/h4-11,14H,1,12-13H2,2-3H3. The van der Waals surface area contributed by atoms with Crippen LogP contribution in [0.3, 0.4) is 0 Å². The molecule has 0 atom stereocenters. The molecule has 4 heteroatoms. The predicted molar refractivity (Wildman–Crippen MR) is 106 cm³/mol. The highest BCUT2D eigenvalue weighted by atomic mass is 16.5. The Morgan fingerprint density at radius 1 is 1.00 bits per heavy atom. The van der Waals surface area contributed by atoms with E-state index in [1.165, 1.54) is 7.11 Å². The third kappa shape index (κ3) is 3.31. The van der Waals surface area contributed by atoms with E-state index < -0.39 is 6.09 Å². The lowest BCUT2D eigenvalue weighted by molar-refractivity contribution is -0.115. The van der Waals surface area contributed by atoms with Gasteiger partial charge in [0.1, 0.15) is 0 Å². The number of carbonyl (C=O) groups excluding carboxylic acids is 2. The van der Waals surface area contributed by atoms with Crippen molar-refractivity contribution in [3.8, 4) is 0 Å². The fourth-order valence-corrected chi connectivity index (χ4v) is 3.11. The van der Waals surface area contributed by atoms with E-state index in [1.807, 2.05) is 48.5 Å². The molecule has 0 aliphatic heterocycles. The third-order valence-corrected chi connectivity index (χ3v) is 4.45. The average Bonchev–Trinajstić information content (AvgIpc) is 2.66. The second-order valence-corrected chi connectivity index (χ2v) is 6.24. The lowest BCUT2D eigenvalue weighted by Gasteiger charge is -2.24. The molecule has 0 bridgehead atoms. The van der Waals surface area contributed by atoms with E-state index in [0.29, 0.717) is 5.57 Å². The Hall–Kier alpha value is -3.14. The molecule has 0 saturated heterocycles. The zero-order valence-electron chi connectivity index (χ0n) is 15.0. The Balaban J connectivity index is 2.20. The number of ketones is 1. The molecule has 3 aromatic carbocycles. The topological polar surface area (TPSA) is 46.6 Å². The number of hydrogen-bond donors (Lipinski definition) is 0. The Kier molecular flexibility index (Phi) is 5.03. The summed E-state index contributed by atoms with van der Waals surface area (Å²) >= 11 is 0. The summed E-state index contributed by atoms with van der Waals surface area (Å²) in [5.41, 5.74) is 1.25. The third-order valence-electron chi connectivity index (χ3n) is 4.45. The van der Waals surface area contributed by atoms with E-state index in [2.05, 4.69) is 12.6 Å². The fourth-order valence-electron chi connectivity index (χ4n) is 3.11. The van der Waals surface area contributed by atoms with Crippen molar-refractivity contribution in [2.75, 3.05) is 18.6 Å². The highest BCUT2D eigenvalue weighted by molar-refractivity contribution is 6.15. The van der Waals surface area contributed by atoms with Gasteiger partial charge in [0.05, 0.1) is 12.8 Å². The van der Waals surface area contributed by atoms with Crippen molar-refractivity contribution in [3.05, 3.63) is 66.7 Å². The molecule has 3 rings (SSSR count). The second kappa shape index (κ2) is 7.40. The van der Waals surface area contributed by atoms with E-state index in [-0.39, 0.29) is 18.7 Å². The lowest BCUT2D eigenvalue weighted by Crippen LogP contribution is -2.33. The number of methoxy groups -OCH3 is 1. The number of nitrogens with zero attached hydrogens (tertiary/aromatic N) is 1. The minimum Gasteiger partial charge on any atom is -0.452 e. The average molecular weight is 347 g/mol. The minimum atomic E-state index is -0.485. The van der Waals surface area contributed by atoms with Gasteiger partial charge in [-0.2, -0.15) is 0 Å². The zero-order valence-corrected chi connectivity index (χ0v) is 15.0. The number of carbonyl (C=O) groups is 2. The Bertz CT molecular complexity index is 953. The molecule has 0 radical (unpaired) electrons. The number of anilines is 1. The molecule has 0 unspecified atom stereocenters. The van der Waals surface area contributed by atoms with Crippen LogP contribution in [0.4, 0.5) is 10.5 Å². The van der Waals surface area contributed by atoms with Crippen LogP contribution in [-0.2, 0) is 9.53 Å². The largest absolute Gasteiger partial charge is 0.452 e. The zero-order chi connectivity index (χ0) is 18.7. The number of amides is 1. The van der Waals surface area contributed by atoms with Gasteiger partial charge in [0, 0.05) is 23.7 Å². The first-order valence-corrected chi connectivity index (χ1v) is 8.47. The maximum Gasteiger partial charge on any atom is 0.414 e. The van der Waals surface area contributed by atoms with Crippen LogP contribution in [0.15, 0.2) is 66.7 Å². The molecule has 0 aliphatic rings. The van der Waals surface area contributed by atoms with E-state index in [9.17, 15) is 9.59 Å². The van der Waals surface area contributed by atoms with Crippen molar-refractivity contribution in [3.63, 3.8) is 0 Å². The van der Waals surface area contributed by atoms with Crippen LogP contribution in [0.2, 0.25) is 0 Å². The second-order valence-electron chi connectivity index (χ2n) is 6.24. The van der Waals surface area contributed by atoms with Crippen molar-refractivity contribution in [2.45, 2.75) is 13.3 Å². The summed E-state index contributed by atoms with van der Waals surface area (Å²) < 4.78 is 5.01. The maximum absolute atomic E-state index is 12.6. The van der Waals surface area contributed by atoms with Gasteiger partial charge in [0.15, 0.2) is 5.78 Å². The highest BCUT2D eigenvalue weighted by Gasteiger charge is 2.22. The van der Waals surface area contributed by atoms with Crippen LogP contribution in [0.1, 0.15) is 13.3 Å². The first kappa shape index (κ1) is 17.7. The highest BCUT2D eigenvalue weighted by Crippen LogP contribution is 2.36. The minimum absolute atomic E-state index is 0.0663. The SMILES string of the molecule is C=C(C)C(=O)CCN(C(=O)OC)c1c2ccccc2cc2ccccc12. The van der Waals surface area contributed by atoms with Crippen LogP contribution in [-0.4, -0.2) is 25.5 Å². The Labute approximate surface area is 152 Å². The molecule has 26 heavy (non-hydrogen) atoms. The van der Waals surface area contributed by atoms with Crippen molar-refractivity contribution in [2.24, 2.45) is 0 Å². The quantitative estimate of drug-likeness (QED) is 0.476. The molecule has 3 aromatic rings. The number of rotatable bonds is 5. The van der Waals surface area contributed by atoms with Gasteiger partial charge in [-0.15, -0.1) is 0 Å². The molecule has 0 spiro atoms. The predicted octanol–water partition coefficient (Wildman–Crippen LogP) is 5.10. The smallest absolute Gasteiger partial charge is 0.414 e. The van der Waals surface area contributed by atoms with E-state index in [1.54, 1.807) is 11.8 Å². The maximum atomic E-state index is 12.6. The molecule has 0 heterocycles. The summed E-state index contributed by atoms with van der Waals surface area (Å²) in [5, 5.41) is 3.95. The molecular formula is C22H21NO3. The molecule has 0 aromatic heterocycles. The number of benzene rings is 3. The van der Waals surface area contributed by atoms with E-state index in [4.69, 9.17) is 4.74 Å². The summed E-state index contributed by atoms with van der Waals surface area (Å²) in [6.07, 6.45) is -0.289. The van der Waals surface area contributed by atoms with Gasteiger partial charge in [-0.1, -0.05) is 55.1 Å². The number of Topliss-reactive ketones (excluding diaryl/α,β-unsaturated/α-hetero) is 1. The van der Waals surface area contributed by atoms with Gasteiger partial charge >= 0.3 is 6.09 Å². The fraction of sp³-hybridized carbons (Fsp3) is 0.182. The number of ether oxygens (including phenoxy) is 1. The first-order valence-electron chi connectivity index (χ1n) is 8.47. The van der Waals surface area contributed by atoms with Gasteiger partial charge in [-0.25, -0.2) is 4.79 Å². The molecule has 1 amide bonds. The van der Waals surface area contributed by atoms with Crippen molar-refractivity contribution < 1.29 is 14.3 Å². The van der Waals surface area contributed by atoms with Gasteiger partial charge in [0.25, 0.3) is 0 Å².